The van der Waals surface area contributed by atoms with Crippen molar-refractivity contribution in [2.75, 3.05) is 24.5 Å². The van der Waals surface area contributed by atoms with Crippen LogP contribution in [0, 0.1) is 11.7 Å². The van der Waals surface area contributed by atoms with Gasteiger partial charge in [-0.3, -0.25) is 0 Å². The van der Waals surface area contributed by atoms with E-state index in [0.29, 0.717) is 25.2 Å². The normalized spacial score (nSPS) is 23.1. The molecule has 2 atom stereocenters. The zero-order valence-electron chi connectivity index (χ0n) is 12.4. The molecule has 0 bridgehead atoms. The van der Waals surface area contributed by atoms with Crippen molar-refractivity contribution in [3.8, 4) is 0 Å². The number of halogens is 1. The molecule has 1 aliphatic rings. The third-order valence-electron chi connectivity index (χ3n) is 3.97. The first-order valence-electron chi connectivity index (χ1n) is 7.54. The molecule has 0 aliphatic carbocycles. The molecule has 0 saturated carbocycles. The second-order valence-corrected chi connectivity index (χ2v) is 5.74. The van der Waals surface area contributed by atoms with Crippen molar-refractivity contribution in [2.45, 2.75) is 39.3 Å². The molecule has 1 heterocycles. The molecule has 1 aromatic rings. The summed E-state index contributed by atoms with van der Waals surface area (Å²) in [5, 5.41) is 13.0. The topological polar surface area (TPSA) is 35.5 Å². The van der Waals surface area contributed by atoms with Gasteiger partial charge in [0.05, 0.1) is 11.8 Å². The lowest BCUT2D eigenvalue weighted by molar-refractivity contribution is 0.0969. The van der Waals surface area contributed by atoms with Crippen molar-refractivity contribution >= 4 is 5.69 Å². The highest BCUT2D eigenvalue weighted by Gasteiger charge is 2.25. The van der Waals surface area contributed by atoms with Crippen molar-refractivity contribution in [3.05, 3.63) is 29.6 Å². The Morgan fingerprint density at radius 3 is 2.90 bits per heavy atom. The highest BCUT2D eigenvalue weighted by molar-refractivity contribution is 5.49. The number of benzene rings is 1. The maximum atomic E-state index is 14.2. The minimum absolute atomic E-state index is 0.163. The molecule has 1 aliphatic heterocycles. The first-order chi connectivity index (χ1) is 9.61. The van der Waals surface area contributed by atoms with E-state index in [9.17, 15) is 9.50 Å². The summed E-state index contributed by atoms with van der Waals surface area (Å²) in [4.78, 5) is 2.04. The summed E-state index contributed by atoms with van der Waals surface area (Å²) in [6.07, 6.45) is 1.53. The van der Waals surface area contributed by atoms with Gasteiger partial charge in [0, 0.05) is 19.6 Å². The Morgan fingerprint density at radius 1 is 1.45 bits per heavy atom. The summed E-state index contributed by atoms with van der Waals surface area (Å²) in [7, 11) is 0. The van der Waals surface area contributed by atoms with Gasteiger partial charge in [-0.15, -0.1) is 0 Å². The van der Waals surface area contributed by atoms with Gasteiger partial charge < -0.3 is 15.3 Å². The first-order valence-corrected chi connectivity index (χ1v) is 7.54. The monoisotopic (exact) mass is 280 g/mol. The number of rotatable bonds is 5. The van der Waals surface area contributed by atoms with Gasteiger partial charge >= 0.3 is 0 Å². The highest BCUT2D eigenvalue weighted by Crippen LogP contribution is 2.26. The van der Waals surface area contributed by atoms with Gasteiger partial charge in [-0.2, -0.15) is 0 Å². The third-order valence-corrected chi connectivity index (χ3v) is 3.97. The minimum atomic E-state index is -0.258. The Morgan fingerprint density at radius 2 is 2.25 bits per heavy atom. The molecule has 0 amide bonds. The molecular formula is C16H25FN2O. The van der Waals surface area contributed by atoms with Gasteiger partial charge in [-0.25, -0.2) is 4.39 Å². The zero-order valence-corrected chi connectivity index (χ0v) is 12.4. The maximum absolute atomic E-state index is 14.2. The van der Waals surface area contributed by atoms with E-state index < -0.39 is 0 Å². The van der Waals surface area contributed by atoms with Crippen LogP contribution in [0.25, 0.3) is 0 Å². The molecule has 2 N–H and O–H groups in total. The number of aliphatic hydroxyl groups excluding tert-OH is 1. The number of nitrogens with zero attached hydrogens (tertiary/aromatic N) is 1. The summed E-state index contributed by atoms with van der Waals surface area (Å²) >= 11 is 0. The van der Waals surface area contributed by atoms with Crippen LogP contribution in [0.1, 0.15) is 32.3 Å². The van der Waals surface area contributed by atoms with Crippen LogP contribution < -0.4 is 10.2 Å². The van der Waals surface area contributed by atoms with Crippen LogP contribution in [0.3, 0.4) is 0 Å². The van der Waals surface area contributed by atoms with E-state index >= 15 is 0 Å². The predicted molar refractivity (Wildman–Crippen MR) is 80.4 cm³/mol. The Bertz CT molecular complexity index is 438. The highest BCUT2D eigenvalue weighted by atomic mass is 19.1. The molecule has 1 aromatic carbocycles. The van der Waals surface area contributed by atoms with Crippen LogP contribution in [0.5, 0.6) is 0 Å². The number of hydrogen-bond donors (Lipinski definition) is 2. The SMILES string of the molecule is CCCNCc1ccc(N2CCC(O)C(C)C2)c(F)c1. The van der Waals surface area contributed by atoms with E-state index in [4.69, 9.17) is 0 Å². The summed E-state index contributed by atoms with van der Waals surface area (Å²) < 4.78 is 14.2. The fourth-order valence-electron chi connectivity index (χ4n) is 2.68. The van der Waals surface area contributed by atoms with Crippen molar-refractivity contribution in [1.29, 1.82) is 0 Å². The lowest BCUT2D eigenvalue weighted by atomic mass is 9.96. The number of hydrogen-bond acceptors (Lipinski definition) is 3. The largest absolute Gasteiger partial charge is 0.393 e. The molecule has 0 radical (unpaired) electrons. The van der Waals surface area contributed by atoms with Crippen molar-refractivity contribution in [3.63, 3.8) is 0 Å². The van der Waals surface area contributed by atoms with E-state index in [1.807, 2.05) is 24.0 Å². The van der Waals surface area contributed by atoms with Gasteiger partial charge in [0.2, 0.25) is 0 Å². The van der Waals surface area contributed by atoms with Crippen LogP contribution in [0.2, 0.25) is 0 Å². The van der Waals surface area contributed by atoms with Crippen molar-refractivity contribution in [2.24, 2.45) is 5.92 Å². The fraction of sp³-hybridized carbons (Fsp3) is 0.625. The van der Waals surface area contributed by atoms with Gasteiger partial charge in [0.1, 0.15) is 5.82 Å². The third kappa shape index (κ3) is 3.70. The number of anilines is 1. The predicted octanol–water partition coefficient (Wildman–Crippen LogP) is 2.53. The molecular weight excluding hydrogens is 255 g/mol. The molecule has 112 valence electrons. The standard InChI is InChI=1S/C16H25FN2O/c1-3-7-18-10-13-4-5-15(14(17)9-13)19-8-6-16(20)12(2)11-19/h4-5,9,12,16,18,20H,3,6-8,10-11H2,1-2H3. The summed E-state index contributed by atoms with van der Waals surface area (Å²) in [6, 6.07) is 5.47. The minimum Gasteiger partial charge on any atom is -0.393 e. The average molecular weight is 280 g/mol. The smallest absolute Gasteiger partial charge is 0.146 e. The van der Waals surface area contributed by atoms with Crippen molar-refractivity contribution < 1.29 is 9.50 Å². The molecule has 2 rings (SSSR count). The zero-order chi connectivity index (χ0) is 14.5. The Hall–Kier alpha value is -1.13. The summed E-state index contributed by atoms with van der Waals surface area (Å²) in [5.41, 5.74) is 1.63. The Labute approximate surface area is 120 Å². The molecule has 4 heteroatoms. The summed E-state index contributed by atoms with van der Waals surface area (Å²) in [5.74, 6) is 0.0263. The molecule has 1 fully saturated rings. The van der Waals surface area contributed by atoms with E-state index in [1.54, 1.807) is 6.07 Å². The molecule has 0 spiro atoms. The number of piperidine rings is 1. The molecule has 20 heavy (non-hydrogen) atoms. The van der Waals surface area contributed by atoms with Crippen LogP contribution >= 0.6 is 0 Å². The first kappa shape index (κ1) is 15.3. The quantitative estimate of drug-likeness (QED) is 0.814. The molecule has 0 aromatic heterocycles. The van der Waals surface area contributed by atoms with Gasteiger partial charge in [0.15, 0.2) is 0 Å². The van der Waals surface area contributed by atoms with Crippen LogP contribution in [-0.2, 0) is 6.54 Å². The van der Waals surface area contributed by atoms with E-state index in [0.717, 1.165) is 25.1 Å². The number of nitrogens with one attached hydrogen (secondary N) is 1. The number of aliphatic hydroxyl groups is 1. The van der Waals surface area contributed by atoms with E-state index in [-0.39, 0.29) is 17.8 Å². The van der Waals surface area contributed by atoms with E-state index in [2.05, 4.69) is 12.2 Å². The lowest BCUT2D eigenvalue weighted by Crippen LogP contribution is -2.42. The van der Waals surface area contributed by atoms with Crippen LogP contribution in [0.4, 0.5) is 10.1 Å². The fourth-order valence-corrected chi connectivity index (χ4v) is 2.68. The van der Waals surface area contributed by atoms with Crippen LogP contribution in [0.15, 0.2) is 18.2 Å². The second kappa shape index (κ2) is 7.04. The Kier molecular flexibility index (Phi) is 5.38. The van der Waals surface area contributed by atoms with Crippen LogP contribution in [-0.4, -0.2) is 30.8 Å². The van der Waals surface area contributed by atoms with Gasteiger partial charge in [0.25, 0.3) is 0 Å². The van der Waals surface area contributed by atoms with Gasteiger partial charge in [-0.1, -0.05) is 19.9 Å². The lowest BCUT2D eigenvalue weighted by Gasteiger charge is -2.36. The molecule has 3 nitrogen and oxygen atoms in total. The Balaban J connectivity index is 2.02. The average Bonchev–Trinajstić information content (AvgIpc) is 2.43. The molecule has 2 unspecified atom stereocenters. The maximum Gasteiger partial charge on any atom is 0.146 e. The second-order valence-electron chi connectivity index (χ2n) is 5.74. The van der Waals surface area contributed by atoms with Gasteiger partial charge in [-0.05, 0) is 43.0 Å². The van der Waals surface area contributed by atoms with E-state index in [1.165, 1.54) is 0 Å². The molecule has 1 saturated heterocycles. The van der Waals surface area contributed by atoms with Crippen molar-refractivity contribution in [1.82, 2.24) is 5.32 Å². The summed E-state index contributed by atoms with van der Waals surface area (Å²) in [6.45, 7) is 7.22.